The van der Waals surface area contributed by atoms with Gasteiger partial charge in [-0.05, 0) is 62.9 Å². The smallest absolute Gasteiger partial charge is 0.284 e. The largest absolute Gasteiger partial charge is 0.351 e. The van der Waals surface area contributed by atoms with Gasteiger partial charge in [-0.2, -0.15) is 13.4 Å². The van der Waals surface area contributed by atoms with Crippen LogP contribution in [0.4, 0.5) is 11.6 Å². The quantitative estimate of drug-likeness (QED) is 0.269. The summed E-state index contributed by atoms with van der Waals surface area (Å²) in [6.07, 6.45) is 6.95. The van der Waals surface area contributed by atoms with Crippen LogP contribution in [0, 0.1) is 0 Å². The molecule has 232 valence electrons. The monoisotopic (exact) mass is 641 g/mol. The molecule has 4 aromatic rings. The summed E-state index contributed by atoms with van der Waals surface area (Å²) < 4.78 is 53.1. The molecule has 15 nitrogen and oxygen atoms in total. The van der Waals surface area contributed by atoms with E-state index in [9.17, 15) is 26.4 Å². The molecular formula is C27H31N9O6S2. The van der Waals surface area contributed by atoms with E-state index in [4.69, 9.17) is 0 Å². The van der Waals surface area contributed by atoms with Crippen LogP contribution >= 0.6 is 0 Å². The fourth-order valence-electron chi connectivity index (χ4n) is 5.08. The second-order valence-corrected chi connectivity index (χ2v) is 14.8. The molecule has 17 heteroatoms. The van der Waals surface area contributed by atoms with Gasteiger partial charge in [-0.1, -0.05) is 0 Å². The number of rotatable bonds is 9. The van der Waals surface area contributed by atoms with Gasteiger partial charge in [0.15, 0.2) is 5.82 Å². The van der Waals surface area contributed by atoms with Gasteiger partial charge in [0.2, 0.25) is 21.9 Å². The number of sulfonamides is 1. The number of hydrogen-bond acceptors (Lipinski definition) is 11. The van der Waals surface area contributed by atoms with Crippen molar-refractivity contribution in [2.24, 2.45) is 0 Å². The van der Waals surface area contributed by atoms with Gasteiger partial charge in [-0.15, -0.1) is 9.19 Å². The summed E-state index contributed by atoms with van der Waals surface area (Å²) in [4.78, 5) is 39.2. The molecule has 1 saturated heterocycles. The van der Waals surface area contributed by atoms with Gasteiger partial charge >= 0.3 is 0 Å². The molecule has 1 unspecified atom stereocenters. The summed E-state index contributed by atoms with van der Waals surface area (Å²) in [5, 5.41) is 10.6. The lowest BCUT2D eigenvalue weighted by Crippen LogP contribution is -2.42. The van der Waals surface area contributed by atoms with Gasteiger partial charge in [0.25, 0.3) is 15.6 Å². The molecule has 1 aliphatic carbocycles. The molecule has 1 aromatic carbocycles. The van der Waals surface area contributed by atoms with E-state index in [0.29, 0.717) is 42.8 Å². The predicted octanol–water partition coefficient (Wildman–Crippen LogP) is 1.53. The topological polar surface area (TPSA) is 191 Å². The number of aromatic nitrogens is 6. The van der Waals surface area contributed by atoms with Crippen LogP contribution in [0.1, 0.15) is 50.4 Å². The molecule has 1 saturated carbocycles. The van der Waals surface area contributed by atoms with Gasteiger partial charge < -0.3 is 10.6 Å². The van der Waals surface area contributed by atoms with Crippen molar-refractivity contribution in [2.75, 3.05) is 30.0 Å². The zero-order valence-corrected chi connectivity index (χ0v) is 25.6. The number of amides is 1. The number of pyridine rings is 1. The van der Waals surface area contributed by atoms with Crippen LogP contribution in [-0.4, -0.2) is 81.1 Å². The van der Waals surface area contributed by atoms with Gasteiger partial charge in [0.1, 0.15) is 18.0 Å². The molecule has 2 N–H and O–H groups in total. The maximum atomic E-state index is 13.3. The summed E-state index contributed by atoms with van der Waals surface area (Å²) >= 11 is 0. The van der Waals surface area contributed by atoms with Crippen molar-refractivity contribution in [3.8, 4) is 0 Å². The predicted molar refractivity (Wildman–Crippen MR) is 161 cm³/mol. The summed E-state index contributed by atoms with van der Waals surface area (Å²) in [6.45, 7) is 2.31. The Balaban J connectivity index is 1.17. The number of benzene rings is 1. The zero-order valence-electron chi connectivity index (χ0n) is 24.0. The second kappa shape index (κ2) is 11.4. The molecule has 1 aliphatic heterocycles. The summed E-state index contributed by atoms with van der Waals surface area (Å²) in [5.41, 5.74) is 0.154. The Labute approximate surface area is 253 Å². The molecule has 1 atom stereocenters. The van der Waals surface area contributed by atoms with E-state index in [2.05, 4.69) is 30.7 Å². The highest BCUT2D eigenvalue weighted by molar-refractivity contribution is 7.89. The highest BCUT2D eigenvalue weighted by Gasteiger charge is 2.30. The lowest BCUT2D eigenvalue weighted by Gasteiger charge is -2.30. The van der Waals surface area contributed by atoms with Crippen molar-refractivity contribution in [1.29, 1.82) is 0 Å². The average Bonchev–Trinajstić information content (AvgIpc) is 3.72. The van der Waals surface area contributed by atoms with E-state index in [1.54, 1.807) is 19.2 Å². The molecule has 4 heterocycles. The Morgan fingerprint density at radius 2 is 1.68 bits per heavy atom. The van der Waals surface area contributed by atoms with E-state index in [0.717, 1.165) is 16.9 Å². The Morgan fingerprint density at radius 3 is 2.34 bits per heavy atom. The number of nitrogens with zero attached hydrogens (tertiary/aromatic N) is 7. The number of carbonyl (C=O) groups excluding carboxylic acids is 1. The number of hydrogen-bond donors (Lipinski definition) is 2. The van der Waals surface area contributed by atoms with Crippen LogP contribution in [0.3, 0.4) is 0 Å². The van der Waals surface area contributed by atoms with Crippen LogP contribution in [0.15, 0.2) is 58.6 Å². The van der Waals surface area contributed by atoms with Crippen molar-refractivity contribution in [1.82, 2.24) is 33.0 Å². The van der Waals surface area contributed by atoms with Gasteiger partial charge in [-0.25, -0.2) is 22.7 Å². The summed E-state index contributed by atoms with van der Waals surface area (Å²) in [6, 6.07) is 7.52. The molecule has 0 spiro atoms. The average molecular weight is 642 g/mol. The van der Waals surface area contributed by atoms with Crippen LogP contribution in [0.5, 0.6) is 0 Å². The first-order valence-electron chi connectivity index (χ1n) is 14.1. The first kappa shape index (κ1) is 29.8. The van der Waals surface area contributed by atoms with Gasteiger partial charge in [0.05, 0.1) is 11.2 Å². The van der Waals surface area contributed by atoms with Crippen molar-refractivity contribution < 1.29 is 21.6 Å². The summed E-state index contributed by atoms with van der Waals surface area (Å²) in [5.74, 6) is 0.470. The van der Waals surface area contributed by atoms with Crippen LogP contribution in [0.2, 0.25) is 0 Å². The fourth-order valence-corrected chi connectivity index (χ4v) is 7.02. The molecule has 0 bridgehead atoms. The molecule has 2 fully saturated rings. The molecule has 3 aromatic heterocycles. The highest BCUT2D eigenvalue weighted by Crippen LogP contribution is 2.37. The Kier molecular flexibility index (Phi) is 7.71. The van der Waals surface area contributed by atoms with Crippen molar-refractivity contribution in [3.05, 3.63) is 65.1 Å². The maximum absolute atomic E-state index is 13.3. The summed E-state index contributed by atoms with van der Waals surface area (Å²) in [7, 11) is -7.20. The minimum Gasteiger partial charge on any atom is -0.351 e. The second-order valence-electron chi connectivity index (χ2n) is 11.0. The fraction of sp³-hybridized carbons (Fsp3) is 0.407. The minimum atomic E-state index is -3.95. The third-order valence-corrected chi connectivity index (χ3v) is 10.6. The normalized spacial score (nSPS) is 17.4. The van der Waals surface area contributed by atoms with Crippen molar-refractivity contribution in [3.63, 3.8) is 0 Å². The number of piperidine rings is 1. The van der Waals surface area contributed by atoms with Crippen molar-refractivity contribution >= 4 is 48.6 Å². The Morgan fingerprint density at radius 1 is 0.977 bits per heavy atom. The molecule has 6 rings (SSSR count). The minimum absolute atomic E-state index is 0.0141. The van der Waals surface area contributed by atoms with E-state index in [-0.39, 0.29) is 28.5 Å². The van der Waals surface area contributed by atoms with E-state index >= 15 is 0 Å². The Bertz CT molecular complexity index is 2000. The lowest BCUT2D eigenvalue weighted by molar-refractivity contribution is -0.118. The standard InChI is InChI=1S/C27H31N9O6S2/c1-17(26(38)30-20-6-8-22(9-7-20)44(41,42)35-16-29-24(33-35)18-3-4-18)36-23(37)10-5-19-15-28-27(32-25(19)36)31-21-11-13-34(14-12-21)43(2,39)40/h5-10,15-18,21H,3-4,11-14H2,1-2H3,(H,30,38)(H,28,31,32). The number of anilines is 2. The lowest BCUT2D eigenvalue weighted by atomic mass is 10.1. The van der Waals surface area contributed by atoms with Gasteiger partial charge in [-0.3, -0.25) is 14.2 Å². The van der Waals surface area contributed by atoms with Gasteiger partial charge in [0, 0.05) is 48.4 Å². The first-order chi connectivity index (χ1) is 20.9. The molecule has 1 amide bonds. The SMILES string of the molecule is CC(C(=O)Nc1ccc(S(=O)(=O)n2cnc(C3CC3)n2)cc1)n1c(=O)ccc2cnc(NC3CCN(S(C)(=O)=O)CC3)nc21. The molecular weight excluding hydrogens is 610 g/mol. The zero-order chi connectivity index (χ0) is 31.2. The van der Waals surface area contributed by atoms with E-state index in [1.165, 1.54) is 51.8 Å². The number of carbonyl (C=O) groups is 1. The third kappa shape index (κ3) is 6.07. The van der Waals surface area contributed by atoms with Crippen LogP contribution in [0.25, 0.3) is 11.0 Å². The van der Waals surface area contributed by atoms with E-state index in [1.807, 2.05) is 0 Å². The highest BCUT2D eigenvalue weighted by atomic mass is 32.2. The van der Waals surface area contributed by atoms with Crippen molar-refractivity contribution in [2.45, 2.75) is 55.5 Å². The molecule has 44 heavy (non-hydrogen) atoms. The third-order valence-electron chi connectivity index (χ3n) is 7.79. The Hall–Kier alpha value is -4.22. The van der Waals surface area contributed by atoms with Crippen LogP contribution < -0.4 is 16.2 Å². The number of fused-ring (bicyclic) bond motifs is 1. The van der Waals surface area contributed by atoms with Crippen LogP contribution in [-0.2, 0) is 24.8 Å². The first-order valence-corrected chi connectivity index (χ1v) is 17.4. The molecule has 2 aliphatic rings. The number of nitrogens with one attached hydrogen (secondary N) is 2. The molecule has 0 radical (unpaired) electrons. The van der Waals surface area contributed by atoms with E-state index < -0.39 is 37.6 Å². The maximum Gasteiger partial charge on any atom is 0.284 e.